The molecule has 21 heavy (non-hydrogen) atoms. The summed E-state index contributed by atoms with van der Waals surface area (Å²) in [7, 11) is 1.83. The van der Waals surface area contributed by atoms with Crippen molar-refractivity contribution >= 4 is 22.4 Å². The first-order valence-corrected chi connectivity index (χ1v) is 7.80. The highest BCUT2D eigenvalue weighted by atomic mass is 32.1. The minimum absolute atomic E-state index is 0.156. The number of carbonyl (C=O) groups excluding carboxylic acids is 1. The molecule has 2 heterocycles. The van der Waals surface area contributed by atoms with Crippen LogP contribution in [0.5, 0.6) is 0 Å². The molecule has 1 saturated heterocycles. The van der Waals surface area contributed by atoms with E-state index in [1.807, 2.05) is 32.7 Å². The zero-order valence-electron chi connectivity index (χ0n) is 13.1. The van der Waals surface area contributed by atoms with Crippen molar-refractivity contribution < 1.29 is 9.53 Å². The van der Waals surface area contributed by atoms with Crippen LogP contribution in [0.3, 0.4) is 0 Å². The Labute approximate surface area is 128 Å². The van der Waals surface area contributed by atoms with Gasteiger partial charge in [0.25, 0.3) is 6.23 Å². The zero-order chi connectivity index (χ0) is 15.8. The number of hydrogen-bond donors (Lipinski definition) is 0. The molecule has 1 aliphatic rings. The van der Waals surface area contributed by atoms with Crippen molar-refractivity contribution in [3.63, 3.8) is 0 Å². The predicted octanol–water partition coefficient (Wildman–Crippen LogP) is 1.82. The lowest BCUT2D eigenvalue weighted by Crippen LogP contribution is -2.50. The second kappa shape index (κ2) is 5.60. The smallest absolute Gasteiger partial charge is 0.310 e. The van der Waals surface area contributed by atoms with Crippen LogP contribution in [0.1, 0.15) is 39.1 Å². The number of likely N-dealkylation sites (N-methyl/N-ethyl adjacent to an activating group) is 1. The number of esters is 1. The third-order valence-corrected chi connectivity index (χ3v) is 4.78. The highest BCUT2D eigenvalue weighted by Gasteiger charge is 2.45. The van der Waals surface area contributed by atoms with Gasteiger partial charge in [-0.15, -0.1) is 5.10 Å². The Morgan fingerprint density at radius 1 is 1.52 bits per heavy atom. The molecule has 1 aliphatic heterocycles. The number of hydrogen-bond acceptors (Lipinski definition) is 7. The molecule has 0 radical (unpaired) electrons. The monoisotopic (exact) mass is 314 g/mol. The van der Waals surface area contributed by atoms with Gasteiger partial charge in [-0.1, -0.05) is 32.8 Å². The summed E-state index contributed by atoms with van der Waals surface area (Å²) in [6.07, 6.45) is -0.521. The number of aromatic nitrogens is 2. The van der Waals surface area contributed by atoms with Gasteiger partial charge >= 0.3 is 11.1 Å². The van der Waals surface area contributed by atoms with Gasteiger partial charge in [-0.05, 0) is 18.4 Å². The number of quaternary nitrogens is 1. The van der Waals surface area contributed by atoms with Gasteiger partial charge in [0.05, 0.1) is 6.54 Å². The van der Waals surface area contributed by atoms with Crippen LogP contribution in [0.4, 0.5) is 5.13 Å². The first-order chi connectivity index (χ1) is 9.66. The SMILES string of the molecule is CCC(=O)OC1CN(C)C[N+]1([O-])c1nnc(C(C)(C)C)s1. The van der Waals surface area contributed by atoms with E-state index in [-0.39, 0.29) is 24.5 Å². The summed E-state index contributed by atoms with van der Waals surface area (Å²) >= 11 is 1.30. The molecule has 1 aromatic rings. The van der Waals surface area contributed by atoms with Crippen molar-refractivity contribution in [2.75, 3.05) is 20.3 Å². The second-order valence-corrected chi connectivity index (χ2v) is 7.37. The van der Waals surface area contributed by atoms with Gasteiger partial charge < -0.3 is 9.94 Å². The number of ether oxygens (including phenoxy) is 1. The molecule has 0 N–H and O–H groups in total. The molecule has 118 valence electrons. The van der Waals surface area contributed by atoms with Crippen LogP contribution < -0.4 is 4.65 Å². The van der Waals surface area contributed by atoms with Gasteiger partial charge in [0.1, 0.15) is 11.7 Å². The van der Waals surface area contributed by atoms with Gasteiger partial charge in [0.15, 0.2) is 0 Å². The lowest BCUT2D eigenvalue weighted by atomic mass is 9.98. The summed E-state index contributed by atoms with van der Waals surface area (Å²) in [5, 5.41) is 22.5. The number of nitrogens with zero attached hydrogens (tertiary/aromatic N) is 4. The Balaban J connectivity index is 2.29. The van der Waals surface area contributed by atoms with Crippen molar-refractivity contribution in [2.45, 2.75) is 45.8 Å². The van der Waals surface area contributed by atoms with Crippen molar-refractivity contribution in [3.8, 4) is 0 Å². The molecule has 7 nitrogen and oxygen atoms in total. The molecule has 1 fully saturated rings. The molecule has 0 aromatic carbocycles. The van der Waals surface area contributed by atoms with E-state index in [4.69, 9.17) is 4.74 Å². The molecule has 0 spiro atoms. The van der Waals surface area contributed by atoms with E-state index in [1.54, 1.807) is 6.92 Å². The molecule has 1 aromatic heterocycles. The maximum atomic E-state index is 13.2. The third-order valence-electron chi connectivity index (χ3n) is 3.32. The van der Waals surface area contributed by atoms with Crippen LogP contribution in [-0.4, -0.2) is 47.6 Å². The fourth-order valence-corrected chi connectivity index (χ4v) is 3.09. The van der Waals surface area contributed by atoms with Crippen LogP contribution in [0.2, 0.25) is 0 Å². The highest BCUT2D eigenvalue weighted by molar-refractivity contribution is 7.15. The summed E-state index contributed by atoms with van der Waals surface area (Å²) in [5.41, 5.74) is -0.156. The topological polar surface area (TPSA) is 78.4 Å². The van der Waals surface area contributed by atoms with Crippen LogP contribution in [-0.2, 0) is 14.9 Å². The van der Waals surface area contributed by atoms with E-state index in [2.05, 4.69) is 10.2 Å². The second-order valence-electron chi connectivity index (χ2n) is 6.41. The molecule has 0 saturated carbocycles. The Morgan fingerprint density at radius 2 is 2.19 bits per heavy atom. The van der Waals surface area contributed by atoms with E-state index in [9.17, 15) is 10.0 Å². The van der Waals surface area contributed by atoms with Crippen LogP contribution in [0, 0.1) is 5.21 Å². The Hall–Kier alpha value is -1.09. The Kier molecular flexibility index (Phi) is 4.34. The fraction of sp³-hybridized carbons (Fsp3) is 0.769. The van der Waals surface area contributed by atoms with E-state index >= 15 is 0 Å². The van der Waals surface area contributed by atoms with Crippen LogP contribution in [0.15, 0.2) is 0 Å². The van der Waals surface area contributed by atoms with Crippen molar-refractivity contribution in [2.24, 2.45) is 0 Å². The summed E-state index contributed by atoms with van der Waals surface area (Å²) in [4.78, 5) is 13.4. The molecule has 2 rings (SSSR count). The van der Waals surface area contributed by atoms with Gasteiger partial charge in [-0.3, -0.25) is 9.44 Å². The number of rotatable bonds is 3. The summed E-state index contributed by atoms with van der Waals surface area (Å²) < 4.78 is 4.55. The standard InChI is InChI=1S/C13H22N4O3S/c1-6-10(18)20-9-7-16(5)8-17(9,19)12-15-14-11(21-12)13(2,3)4/h9H,6-8H2,1-5H3. The first-order valence-electron chi connectivity index (χ1n) is 6.98. The van der Waals surface area contributed by atoms with Gasteiger partial charge in [-0.2, -0.15) is 0 Å². The minimum atomic E-state index is -0.775. The largest absolute Gasteiger partial charge is 0.622 e. The molecule has 2 atom stereocenters. The Bertz CT molecular complexity index is 528. The lowest BCUT2D eigenvalue weighted by Gasteiger charge is -2.38. The fourth-order valence-electron chi connectivity index (χ4n) is 2.12. The van der Waals surface area contributed by atoms with Crippen LogP contribution in [0.25, 0.3) is 0 Å². The van der Waals surface area contributed by atoms with Gasteiger partial charge in [0.2, 0.25) is 0 Å². The van der Waals surface area contributed by atoms with Gasteiger partial charge in [0, 0.05) is 11.8 Å². The Morgan fingerprint density at radius 3 is 2.71 bits per heavy atom. The third kappa shape index (κ3) is 3.23. The van der Waals surface area contributed by atoms with Crippen LogP contribution >= 0.6 is 11.3 Å². The average molecular weight is 314 g/mol. The molecule has 0 aliphatic carbocycles. The summed E-state index contributed by atoms with van der Waals surface area (Å²) in [6, 6.07) is 0. The first kappa shape index (κ1) is 16.3. The van der Waals surface area contributed by atoms with Crippen molar-refractivity contribution in [1.29, 1.82) is 0 Å². The summed E-state index contributed by atoms with van der Waals surface area (Å²) in [5.74, 6) is -0.366. The van der Waals surface area contributed by atoms with E-state index in [0.717, 1.165) is 5.01 Å². The highest BCUT2D eigenvalue weighted by Crippen LogP contribution is 2.37. The molecule has 0 amide bonds. The maximum Gasteiger partial charge on any atom is 0.310 e. The summed E-state index contributed by atoms with van der Waals surface area (Å²) in [6.45, 7) is 8.40. The molecular formula is C13H22N4O3S. The molecule has 2 unspecified atom stereocenters. The van der Waals surface area contributed by atoms with Crippen molar-refractivity contribution in [1.82, 2.24) is 19.7 Å². The quantitative estimate of drug-likeness (QED) is 0.481. The predicted molar refractivity (Wildman–Crippen MR) is 81.4 cm³/mol. The van der Waals surface area contributed by atoms with Crippen molar-refractivity contribution in [3.05, 3.63) is 10.2 Å². The average Bonchev–Trinajstić information content (AvgIpc) is 2.95. The lowest BCUT2D eigenvalue weighted by molar-refractivity contribution is -0.153. The van der Waals surface area contributed by atoms with E-state index in [1.165, 1.54) is 11.3 Å². The maximum absolute atomic E-state index is 13.2. The van der Waals surface area contributed by atoms with E-state index in [0.29, 0.717) is 11.7 Å². The molecular weight excluding hydrogens is 292 g/mol. The number of carbonyl (C=O) groups is 1. The minimum Gasteiger partial charge on any atom is -0.622 e. The zero-order valence-corrected chi connectivity index (χ0v) is 13.9. The molecule has 0 bridgehead atoms. The number of hydroxylamine groups is 2. The van der Waals surface area contributed by atoms with E-state index < -0.39 is 10.9 Å². The van der Waals surface area contributed by atoms with Gasteiger partial charge in [-0.25, -0.2) is 4.90 Å². The normalized spacial score (nSPS) is 27.0. The molecule has 8 heteroatoms.